The first-order valence-corrected chi connectivity index (χ1v) is 34.2. The molecule has 3 heterocycles. The van der Waals surface area contributed by atoms with Gasteiger partial charge < -0.3 is 89.9 Å². The van der Waals surface area contributed by atoms with Crippen molar-refractivity contribution in [2.45, 2.75) is 330 Å². The lowest BCUT2D eigenvalue weighted by molar-refractivity contribution is -0.379. The van der Waals surface area contributed by atoms with Crippen LogP contribution in [0.4, 0.5) is 0 Å². The van der Waals surface area contributed by atoms with Gasteiger partial charge in [-0.05, 0) is 70.6 Å². The zero-order chi connectivity index (χ0) is 64.0. The molecule has 3 aliphatic heterocycles. The first kappa shape index (κ1) is 79.5. The molecule has 0 aromatic heterocycles. The lowest BCUT2D eigenvalue weighted by Gasteiger charge is -2.48. The monoisotopic (exact) mass is 1250 g/mol. The highest BCUT2D eigenvalue weighted by Gasteiger charge is 2.53. The zero-order valence-electron chi connectivity index (χ0n) is 53.7. The van der Waals surface area contributed by atoms with E-state index in [1.807, 2.05) is 6.08 Å². The van der Waals surface area contributed by atoms with Crippen LogP contribution in [0.15, 0.2) is 72.9 Å². The van der Waals surface area contributed by atoms with Gasteiger partial charge in [0.25, 0.3) is 0 Å². The number of allylic oxidation sites excluding steroid dienone is 11. The summed E-state index contributed by atoms with van der Waals surface area (Å²) in [6.45, 7) is 1.55. The second-order valence-corrected chi connectivity index (χ2v) is 24.2. The van der Waals surface area contributed by atoms with Crippen LogP contribution < -0.4 is 5.32 Å². The smallest absolute Gasteiger partial charge is 0.220 e. The minimum absolute atomic E-state index is 0.235. The number of aliphatic hydroxyl groups is 11. The van der Waals surface area contributed by atoms with Crippen molar-refractivity contribution in [2.75, 3.05) is 26.4 Å². The molecule has 19 nitrogen and oxygen atoms in total. The molecule has 0 aromatic rings. The topological polar surface area (TPSA) is 307 Å². The number of carbonyl (C=O) groups excluding carboxylic acids is 1. The van der Waals surface area contributed by atoms with E-state index in [4.69, 9.17) is 28.4 Å². The summed E-state index contributed by atoms with van der Waals surface area (Å²) in [6, 6.07) is -0.989. The molecule has 17 atom stereocenters. The summed E-state index contributed by atoms with van der Waals surface area (Å²) in [5.74, 6) is -0.287. The molecule has 0 aliphatic carbocycles. The number of hydrogen-bond acceptors (Lipinski definition) is 18. The summed E-state index contributed by atoms with van der Waals surface area (Å²) in [6.07, 6.45) is 36.4. The van der Waals surface area contributed by atoms with Gasteiger partial charge in [-0.25, -0.2) is 0 Å². The van der Waals surface area contributed by atoms with Gasteiger partial charge in [-0.15, -0.1) is 0 Å². The predicted octanol–water partition coefficient (Wildman–Crippen LogP) is 8.55. The molecule has 12 N–H and O–H groups in total. The number of hydrogen-bond donors (Lipinski definition) is 12. The average molecular weight is 1250 g/mol. The molecule has 19 heteroatoms. The van der Waals surface area contributed by atoms with Crippen LogP contribution in [0.2, 0.25) is 0 Å². The summed E-state index contributed by atoms with van der Waals surface area (Å²) >= 11 is 0. The molecule has 0 spiro atoms. The minimum atomic E-state index is -1.98. The maximum Gasteiger partial charge on any atom is 0.220 e. The highest BCUT2D eigenvalue weighted by Crippen LogP contribution is 2.33. The van der Waals surface area contributed by atoms with E-state index in [9.17, 15) is 61.0 Å². The molecule has 88 heavy (non-hydrogen) atoms. The molecular formula is C69H121NO18. The van der Waals surface area contributed by atoms with E-state index in [0.29, 0.717) is 12.8 Å². The molecule has 0 bridgehead atoms. The average Bonchev–Trinajstić information content (AvgIpc) is 1.83. The summed E-state index contributed by atoms with van der Waals surface area (Å²) in [4.78, 5) is 13.3. The van der Waals surface area contributed by atoms with Gasteiger partial charge in [0.1, 0.15) is 73.2 Å². The Morgan fingerprint density at radius 2 is 0.795 bits per heavy atom. The quantitative estimate of drug-likeness (QED) is 0.0200. The number of ether oxygens (including phenoxy) is 6. The van der Waals surface area contributed by atoms with Crippen molar-refractivity contribution in [3.05, 3.63) is 72.9 Å². The van der Waals surface area contributed by atoms with Crippen molar-refractivity contribution in [2.24, 2.45) is 0 Å². The molecule has 3 saturated heterocycles. The molecule has 1 amide bonds. The van der Waals surface area contributed by atoms with Crippen molar-refractivity contribution in [1.29, 1.82) is 0 Å². The van der Waals surface area contributed by atoms with Crippen LogP contribution >= 0.6 is 0 Å². The van der Waals surface area contributed by atoms with E-state index in [1.54, 1.807) is 6.08 Å². The number of nitrogens with one attached hydrogen (secondary N) is 1. The molecule has 0 saturated carbocycles. The Kier molecular flexibility index (Phi) is 45.8. The van der Waals surface area contributed by atoms with Crippen LogP contribution in [0.3, 0.4) is 0 Å². The SMILES string of the molecule is CC/C=C\C/C=C\C/C=C\C/C=C\CCCCCCCCCCCCCCCCCCCCCCC(=O)NC(COC1OC(CO)C(OC2OC(CO)C(OC3OC(CO)C(O)C(O)C3O)C(O)C2O)C(O)C1O)C(O)/C=C/CC/C=C/CCCCCC. The lowest BCUT2D eigenvalue weighted by atomic mass is 9.96. The van der Waals surface area contributed by atoms with Gasteiger partial charge in [-0.3, -0.25) is 4.79 Å². The van der Waals surface area contributed by atoms with E-state index >= 15 is 0 Å². The van der Waals surface area contributed by atoms with Gasteiger partial charge in [0, 0.05) is 6.42 Å². The second kappa shape index (κ2) is 50.7. The van der Waals surface area contributed by atoms with Gasteiger partial charge in [0.2, 0.25) is 5.91 Å². The fraction of sp³-hybridized carbons (Fsp3) is 0.812. The standard InChI is InChI=1S/C69H121NO18/c1-3-5-7-9-11-13-15-16-17-18-19-20-21-22-23-24-25-26-27-28-29-30-31-32-33-34-35-36-37-39-41-43-45-47-57(75)70-52(53(74)46-44-42-40-38-14-12-10-8-6-4-2)51-83-67-63(81)60(78)65(55(49-72)85-67)88-69-64(82)61(79)66(56(50-73)86-69)87-68-62(80)59(77)58(76)54(48-71)84-68/h5,7,11,13-14,16-17,19-20,38,44,46,52-56,58-69,71-74,76-82H,3-4,6,8-10,12,15,18,21-37,39-43,45,47-51H2,1-2H3,(H,70,75)/b7-5-,13-11-,17-16-,20-19-,38-14+,46-44+. The van der Waals surface area contributed by atoms with E-state index in [0.717, 1.165) is 64.2 Å². The lowest BCUT2D eigenvalue weighted by Crippen LogP contribution is -2.66. The van der Waals surface area contributed by atoms with Crippen molar-refractivity contribution < 1.29 is 89.4 Å². The number of amides is 1. The molecular weight excluding hydrogens is 1130 g/mol. The Morgan fingerprint density at radius 1 is 0.420 bits per heavy atom. The summed E-state index contributed by atoms with van der Waals surface area (Å²) in [7, 11) is 0. The van der Waals surface area contributed by atoms with Gasteiger partial charge in [-0.2, -0.15) is 0 Å². The zero-order valence-corrected chi connectivity index (χ0v) is 53.7. The van der Waals surface area contributed by atoms with E-state index < -0.39 is 124 Å². The Balaban J connectivity index is 1.33. The predicted molar refractivity (Wildman–Crippen MR) is 341 cm³/mol. The third-order valence-corrected chi connectivity index (χ3v) is 16.7. The van der Waals surface area contributed by atoms with Crippen molar-refractivity contribution in [3.8, 4) is 0 Å². The van der Waals surface area contributed by atoms with Crippen LogP contribution in [-0.2, 0) is 33.2 Å². The minimum Gasteiger partial charge on any atom is -0.394 e. The number of rotatable bonds is 51. The third-order valence-electron chi connectivity index (χ3n) is 16.7. The van der Waals surface area contributed by atoms with Gasteiger partial charge in [0.05, 0.1) is 38.6 Å². The fourth-order valence-corrected chi connectivity index (χ4v) is 11.2. The van der Waals surface area contributed by atoms with Gasteiger partial charge >= 0.3 is 0 Å². The molecule has 0 aromatic carbocycles. The summed E-state index contributed by atoms with van der Waals surface area (Å²) in [5, 5.41) is 120. The molecule has 3 fully saturated rings. The molecule has 17 unspecified atom stereocenters. The van der Waals surface area contributed by atoms with Crippen LogP contribution in [0.1, 0.15) is 226 Å². The number of aliphatic hydroxyl groups excluding tert-OH is 11. The Hall–Kier alpha value is -2.77. The van der Waals surface area contributed by atoms with E-state index in [1.165, 1.54) is 128 Å². The van der Waals surface area contributed by atoms with Crippen LogP contribution in [-0.4, -0.2) is 193 Å². The molecule has 3 aliphatic rings. The molecule has 3 rings (SSSR count). The van der Waals surface area contributed by atoms with Gasteiger partial charge in [0.15, 0.2) is 18.9 Å². The molecule has 0 radical (unpaired) electrons. The van der Waals surface area contributed by atoms with E-state index in [2.05, 4.69) is 79.9 Å². The normalized spacial score (nSPS) is 28.9. The van der Waals surface area contributed by atoms with Crippen LogP contribution in [0, 0.1) is 0 Å². The maximum atomic E-state index is 13.3. The van der Waals surface area contributed by atoms with Gasteiger partial charge in [-0.1, -0.05) is 222 Å². The fourth-order valence-electron chi connectivity index (χ4n) is 11.2. The van der Waals surface area contributed by atoms with Crippen molar-refractivity contribution in [1.82, 2.24) is 5.32 Å². The highest BCUT2D eigenvalue weighted by molar-refractivity contribution is 5.76. The Morgan fingerprint density at radius 3 is 1.27 bits per heavy atom. The molecule has 510 valence electrons. The summed E-state index contributed by atoms with van der Waals surface area (Å²) in [5.41, 5.74) is 0. The summed E-state index contributed by atoms with van der Waals surface area (Å²) < 4.78 is 34.2. The number of unbranched alkanes of at least 4 members (excludes halogenated alkanes) is 25. The highest BCUT2D eigenvalue weighted by atomic mass is 16.8. The Labute approximate surface area is 528 Å². The van der Waals surface area contributed by atoms with Crippen LogP contribution in [0.25, 0.3) is 0 Å². The van der Waals surface area contributed by atoms with Crippen molar-refractivity contribution in [3.63, 3.8) is 0 Å². The van der Waals surface area contributed by atoms with E-state index in [-0.39, 0.29) is 18.9 Å². The maximum absolute atomic E-state index is 13.3. The van der Waals surface area contributed by atoms with Crippen molar-refractivity contribution >= 4 is 5.91 Å². The Bertz CT molecular complexity index is 1880. The second-order valence-electron chi connectivity index (χ2n) is 24.2. The third kappa shape index (κ3) is 32.7. The number of carbonyl (C=O) groups is 1. The first-order chi connectivity index (χ1) is 42.8. The van der Waals surface area contributed by atoms with Crippen LogP contribution in [0.5, 0.6) is 0 Å². The first-order valence-electron chi connectivity index (χ1n) is 34.2. The largest absolute Gasteiger partial charge is 0.394 e.